The number of benzene rings is 3. The number of aryl methyl sites for hydroxylation is 1. The predicted molar refractivity (Wildman–Crippen MR) is 170 cm³/mol. The third-order valence-corrected chi connectivity index (χ3v) is 9.91. The van der Waals surface area contributed by atoms with Crippen LogP contribution in [0.4, 0.5) is 5.69 Å². The van der Waals surface area contributed by atoms with Gasteiger partial charge in [-0.05, 0) is 66.8 Å². The Hall–Kier alpha value is -2.69. The number of carbonyl (C=O) groups is 2. The molecule has 0 radical (unpaired) electrons. The number of hydrogen-bond donors (Lipinski definition) is 1. The number of anilines is 1. The molecule has 0 saturated heterocycles. The molecule has 1 fully saturated rings. The van der Waals surface area contributed by atoms with Gasteiger partial charge in [-0.3, -0.25) is 13.9 Å². The molecule has 1 saturated carbocycles. The summed E-state index contributed by atoms with van der Waals surface area (Å²) in [6.07, 6.45) is 5.34. The van der Waals surface area contributed by atoms with Crippen LogP contribution in [0.15, 0.2) is 81.7 Å². The molecule has 1 aliphatic rings. The number of rotatable bonds is 11. The zero-order valence-corrected chi connectivity index (χ0v) is 27.2. The number of amides is 2. The molecule has 0 heterocycles. The van der Waals surface area contributed by atoms with E-state index in [0.29, 0.717) is 12.1 Å². The summed E-state index contributed by atoms with van der Waals surface area (Å²) in [7, 11) is -3.81. The number of sulfonamides is 1. The first-order chi connectivity index (χ1) is 19.5. The van der Waals surface area contributed by atoms with Gasteiger partial charge in [-0.1, -0.05) is 87.2 Å². The van der Waals surface area contributed by atoms with E-state index < -0.39 is 28.5 Å². The molecule has 218 valence electrons. The molecule has 7 nitrogen and oxygen atoms in total. The quantitative estimate of drug-likeness (QED) is 0.266. The summed E-state index contributed by atoms with van der Waals surface area (Å²) in [5.41, 5.74) is 2.98. The van der Waals surface area contributed by atoms with Gasteiger partial charge in [0.05, 0.1) is 11.9 Å². The fourth-order valence-corrected chi connectivity index (χ4v) is 6.46. The van der Waals surface area contributed by atoms with E-state index in [1.54, 1.807) is 18.2 Å². The number of hydrogen-bond acceptors (Lipinski definition) is 4. The average Bonchev–Trinajstić information content (AvgIpc) is 3.45. The van der Waals surface area contributed by atoms with Crippen LogP contribution >= 0.6 is 31.9 Å². The molecule has 1 N–H and O–H groups in total. The van der Waals surface area contributed by atoms with Crippen molar-refractivity contribution in [2.24, 2.45) is 0 Å². The van der Waals surface area contributed by atoms with Gasteiger partial charge in [-0.25, -0.2) is 8.42 Å². The Morgan fingerprint density at radius 2 is 1.61 bits per heavy atom. The fourth-order valence-electron chi connectivity index (χ4n) is 5.11. The van der Waals surface area contributed by atoms with Gasteiger partial charge in [0, 0.05) is 28.0 Å². The smallest absolute Gasteiger partial charge is 0.244 e. The first-order valence-corrected chi connectivity index (χ1v) is 17.1. The second kappa shape index (κ2) is 14.0. The summed E-state index contributed by atoms with van der Waals surface area (Å²) in [5.74, 6) is -0.682. The highest BCUT2D eigenvalue weighted by Crippen LogP contribution is 2.26. The van der Waals surface area contributed by atoms with Gasteiger partial charge in [0.15, 0.2) is 0 Å². The van der Waals surface area contributed by atoms with E-state index in [0.717, 1.165) is 61.9 Å². The number of nitrogens with zero attached hydrogens (tertiary/aromatic N) is 2. The van der Waals surface area contributed by atoms with Crippen molar-refractivity contribution < 1.29 is 18.0 Å². The lowest BCUT2D eigenvalue weighted by atomic mass is 10.0. The predicted octanol–water partition coefficient (Wildman–Crippen LogP) is 5.98. The maximum absolute atomic E-state index is 14.2. The first-order valence-electron chi connectivity index (χ1n) is 13.6. The largest absolute Gasteiger partial charge is 0.352 e. The van der Waals surface area contributed by atoms with Crippen molar-refractivity contribution in [1.82, 2.24) is 10.2 Å². The Balaban J connectivity index is 1.72. The van der Waals surface area contributed by atoms with E-state index >= 15 is 0 Å². The minimum atomic E-state index is -3.81. The van der Waals surface area contributed by atoms with Crippen LogP contribution in [0.2, 0.25) is 0 Å². The van der Waals surface area contributed by atoms with Crippen LogP contribution < -0.4 is 9.62 Å². The third kappa shape index (κ3) is 8.66. The lowest BCUT2D eigenvalue weighted by molar-refractivity contribution is -0.140. The summed E-state index contributed by atoms with van der Waals surface area (Å²) in [6.45, 7) is 1.58. The number of nitrogens with one attached hydrogen (secondary N) is 1. The summed E-state index contributed by atoms with van der Waals surface area (Å²) in [4.78, 5) is 29.6. The van der Waals surface area contributed by atoms with Crippen molar-refractivity contribution in [3.63, 3.8) is 0 Å². The zero-order chi connectivity index (χ0) is 29.6. The van der Waals surface area contributed by atoms with Crippen LogP contribution in [0.25, 0.3) is 0 Å². The molecule has 41 heavy (non-hydrogen) atoms. The molecule has 0 bridgehead atoms. The molecule has 0 aliphatic heterocycles. The maximum atomic E-state index is 14.2. The van der Waals surface area contributed by atoms with Crippen molar-refractivity contribution in [3.05, 3.63) is 98.4 Å². The molecule has 0 aromatic heterocycles. The lowest BCUT2D eigenvalue weighted by Crippen LogP contribution is -2.54. The Kier molecular flexibility index (Phi) is 10.7. The van der Waals surface area contributed by atoms with E-state index in [4.69, 9.17) is 0 Å². The zero-order valence-electron chi connectivity index (χ0n) is 23.2. The minimum absolute atomic E-state index is 0.0728. The summed E-state index contributed by atoms with van der Waals surface area (Å²) >= 11 is 6.91. The normalized spacial score (nSPS) is 14.4. The average molecular weight is 706 g/mol. The Labute approximate surface area is 259 Å². The molecular formula is C31H35Br2N3O4S. The molecule has 2 amide bonds. The highest BCUT2D eigenvalue weighted by Gasteiger charge is 2.34. The maximum Gasteiger partial charge on any atom is 0.244 e. The molecule has 1 aliphatic carbocycles. The first kappa shape index (κ1) is 31.3. The van der Waals surface area contributed by atoms with Crippen molar-refractivity contribution in [1.29, 1.82) is 0 Å². The van der Waals surface area contributed by atoms with Gasteiger partial charge in [0.2, 0.25) is 21.8 Å². The number of carbonyl (C=O) groups excluding carboxylic acids is 2. The second-order valence-corrected chi connectivity index (χ2v) is 14.2. The van der Waals surface area contributed by atoms with Gasteiger partial charge >= 0.3 is 0 Å². The van der Waals surface area contributed by atoms with Crippen LogP contribution in [0, 0.1) is 6.92 Å². The Bertz CT molecular complexity index is 1460. The number of halogens is 2. The van der Waals surface area contributed by atoms with Crippen LogP contribution in [-0.2, 0) is 32.6 Å². The topological polar surface area (TPSA) is 86.8 Å². The molecule has 3 aromatic rings. The van der Waals surface area contributed by atoms with E-state index in [-0.39, 0.29) is 18.5 Å². The van der Waals surface area contributed by atoms with E-state index in [9.17, 15) is 18.0 Å². The highest BCUT2D eigenvalue weighted by atomic mass is 79.9. The van der Waals surface area contributed by atoms with Gasteiger partial charge in [-0.15, -0.1) is 0 Å². The molecule has 10 heteroatoms. The van der Waals surface area contributed by atoms with E-state index in [1.165, 1.54) is 4.90 Å². The SMILES string of the molecule is Cc1cc(N(CC(=O)N(Cc2ccc(Br)cc2)[C@@H](Cc2ccccc2)C(=O)NC2CCCC2)S(C)(=O)=O)ccc1Br. The van der Waals surface area contributed by atoms with Gasteiger partial charge in [0.1, 0.15) is 12.6 Å². The molecular weight excluding hydrogens is 670 g/mol. The Morgan fingerprint density at radius 3 is 2.22 bits per heavy atom. The molecule has 3 aromatic carbocycles. The highest BCUT2D eigenvalue weighted by molar-refractivity contribution is 9.10. The molecule has 4 rings (SSSR count). The van der Waals surface area contributed by atoms with Crippen molar-refractivity contribution in [2.45, 2.75) is 57.7 Å². The summed E-state index contributed by atoms with van der Waals surface area (Å²) in [5, 5.41) is 3.18. The molecule has 0 unspecified atom stereocenters. The van der Waals surface area contributed by atoms with Gasteiger partial charge < -0.3 is 10.2 Å². The lowest BCUT2D eigenvalue weighted by Gasteiger charge is -2.34. The van der Waals surface area contributed by atoms with Gasteiger partial charge in [0.25, 0.3) is 0 Å². The second-order valence-electron chi connectivity index (χ2n) is 10.5. The monoisotopic (exact) mass is 703 g/mol. The van der Waals surface area contributed by atoms with Gasteiger partial charge in [-0.2, -0.15) is 0 Å². The molecule has 0 spiro atoms. The van der Waals surface area contributed by atoms with Crippen LogP contribution in [-0.4, -0.2) is 50.0 Å². The minimum Gasteiger partial charge on any atom is -0.352 e. The van der Waals surface area contributed by atoms with Crippen LogP contribution in [0.5, 0.6) is 0 Å². The Morgan fingerprint density at radius 1 is 0.951 bits per heavy atom. The third-order valence-electron chi connectivity index (χ3n) is 7.35. The van der Waals surface area contributed by atoms with E-state index in [2.05, 4.69) is 37.2 Å². The fraction of sp³-hybridized carbons (Fsp3) is 0.355. The summed E-state index contributed by atoms with van der Waals surface area (Å²) < 4.78 is 28.8. The molecule has 1 atom stereocenters. The summed E-state index contributed by atoms with van der Waals surface area (Å²) in [6, 6.07) is 21.6. The van der Waals surface area contributed by atoms with Crippen molar-refractivity contribution >= 4 is 59.4 Å². The van der Waals surface area contributed by atoms with Crippen molar-refractivity contribution in [3.8, 4) is 0 Å². The van der Waals surface area contributed by atoms with Crippen LogP contribution in [0.1, 0.15) is 42.4 Å². The van der Waals surface area contributed by atoms with Crippen molar-refractivity contribution in [2.75, 3.05) is 17.1 Å². The van der Waals surface area contributed by atoms with Crippen LogP contribution in [0.3, 0.4) is 0 Å². The van der Waals surface area contributed by atoms with E-state index in [1.807, 2.05) is 61.5 Å². The standard InChI is InChI=1S/C31H35Br2N3O4S/c1-22-18-27(16-17-28(22)33)36(41(2,39)40)21-30(37)35(20-24-12-14-25(32)15-13-24)29(19-23-8-4-3-5-9-23)31(38)34-26-10-6-7-11-26/h3-5,8-9,12-18,26,29H,6-7,10-11,19-21H2,1-2H3,(H,34,38)/t29-/m0/s1.